The summed E-state index contributed by atoms with van der Waals surface area (Å²) >= 11 is 2.41. The Kier molecular flexibility index (Phi) is 7.14. The Balaban J connectivity index is 1.59. The van der Waals surface area contributed by atoms with Crippen LogP contribution in [0.1, 0.15) is 15.9 Å². The zero-order valence-corrected chi connectivity index (χ0v) is 18.4. The van der Waals surface area contributed by atoms with Crippen molar-refractivity contribution in [2.24, 2.45) is 0 Å². The van der Waals surface area contributed by atoms with Gasteiger partial charge in [0.25, 0.3) is 15.9 Å². The van der Waals surface area contributed by atoms with E-state index in [0.29, 0.717) is 0 Å². The van der Waals surface area contributed by atoms with Gasteiger partial charge in [-0.3, -0.25) is 25.2 Å². The monoisotopic (exact) mass is 461 g/mol. The number of thiophene rings is 1. The largest absolute Gasteiger partial charge is 0.278 e. The topological polar surface area (TPSA) is 104 Å². The number of sulfonamides is 1. The fourth-order valence-electron chi connectivity index (χ4n) is 2.39. The molecule has 0 saturated carbocycles. The van der Waals surface area contributed by atoms with Crippen LogP contribution in [-0.2, 0) is 14.8 Å². The van der Waals surface area contributed by atoms with E-state index < -0.39 is 15.9 Å². The molecule has 0 radical (unpaired) electrons. The van der Waals surface area contributed by atoms with Crippen molar-refractivity contribution in [2.75, 3.05) is 10.5 Å². The number of hydrogen-bond donors (Lipinski definition) is 3. The fraction of sp³-hybridized carbons (Fsp3) is 0.100. The quantitative estimate of drug-likeness (QED) is 0.369. The molecule has 0 saturated heterocycles. The van der Waals surface area contributed by atoms with Gasteiger partial charge in [0.15, 0.2) is 0 Å². The van der Waals surface area contributed by atoms with Crippen molar-refractivity contribution >= 4 is 50.6 Å². The molecule has 0 atom stereocenters. The zero-order chi connectivity index (χ0) is 21.6. The van der Waals surface area contributed by atoms with Gasteiger partial charge in [-0.2, -0.15) is 0 Å². The van der Waals surface area contributed by atoms with E-state index in [1.807, 2.05) is 31.2 Å². The maximum absolute atomic E-state index is 12.5. The molecule has 3 rings (SSSR count). The van der Waals surface area contributed by atoms with E-state index in [1.165, 1.54) is 30.0 Å². The van der Waals surface area contributed by atoms with E-state index in [2.05, 4.69) is 15.6 Å². The Morgan fingerprint density at radius 1 is 0.967 bits per heavy atom. The molecular weight excluding hydrogens is 442 g/mol. The van der Waals surface area contributed by atoms with Gasteiger partial charge in [-0.25, -0.2) is 8.42 Å². The molecule has 0 spiro atoms. The van der Waals surface area contributed by atoms with Crippen molar-refractivity contribution in [1.29, 1.82) is 0 Å². The van der Waals surface area contributed by atoms with E-state index in [1.54, 1.807) is 23.6 Å². The smallest absolute Gasteiger partial charge is 0.271 e. The van der Waals surface area contributed by atoms with Crippen molar-refractivity contribution in [1.82, 2.24) is 10.9 Å². The third-order valence-electron chi connectivity index (χ3n) is 3.88. The van der Waals surface area contributed by atoms with Crippen LogP contribution < -0.4 is 15.6 Å². The summed E-state index contributed by atoms with van der Waals surface area (Å²) in [6, 6.07) is 17.0. The van der Waals surface area contributed by atoms with Crippen LogP contribution in [0.25, 0.3) is 0 Å². The first kappa shape index (κ1) is 21.9. The predicted octanol–water partition coefficient (Wildman–Crippen LogP) is 3.41. The first-order chi connectivity index (χ1) is 14.3. The van der Waals surface area contributed by atoms with Gasteiger partial charge in [0.2, 0.25) is 5.91 Å². The molecule has 3 N–H and O–H groups in total. The molecule has 1 aromatic heterocycles. The van der Waals surface area contributed by atoms with Crippen LogP contribution >= 0.6 is 23.1 Å². The number of thioether (sulfide) groups is 1. The van der Waals surface area contributed by atoms with E-state index in [-0.39, 0.29) is 27.1 Å². The van der Waals surface area contributed by atoms with E-state index in [0.717, 1.165) is 21.8 Å². The Labute approximate surface area is 182 Å². The number of hydrazine groups is 1. The summed E-state index contributed by atoms with van der Waals surface area (Å²) in [6.07, 6.45) is 0. The number of aryl methyl sites for hydroxylation is 1. The highest BCUT2D eigenvalue weighted by Crippen LogP contribution is 2.23. The van der Waals surface area contributed by atoms with Crippen LogP contribution in [0.15, 0.2) is 75.1 Å². The summed E-state index contributed by atoms with van der Waals surface area (Å²) in [5.41, 5.74) is 6.00. The molecule has 1 heterocycles. The third-order valence-corrected chi connectivity index (χ3v) is 7.66. The summed E-state index contributed by atoms with van der Waals surface area (Å²) in [4.78, 5) is 25.5. The number of carbonyl (C=O) groups is 2. The van der Waals surface area contributed by atoms with Crippen LogP contribution in [-0.4, -0.2) is 26.0 Å². The second-order valence-electron chi connectivity index (χ2n) is 6.19. The van der Waals surface area contributed by atoms with Gasteiger partial charge in [0, 0.05) is 4.90 Å². The van der Waals surface area contributed by atoms with Gasteiger partial charge >= 0.3 is 0 Å². The number of carbonyl (C=O) groups excluding carboxylic acids is 2. The summed E-state index contributed by atoms with van der Waals surface area (Å²) in [6.45, 7) is 1.98. The lowest BCUT2D eigenvalue weighted by molar-refractivity contribution is -0.119. The van der Waals surface area contributed by atoms with Crippen molar-refractivity contribution in [3.63, 3.8) is 0 Å². The lowest BCUT2D eigenvalue weighted by Crippen LogP contribution is -2.42. The van der Waals surface area contributed by atoms with Crippen LogP contribution in [0.5, 0.6) is 0 Å². The Morgan fingerprint density at radius 2 is 1.70 bits per heavy atom. The van der Waals surface area contributed by atoms with Crippen molar-refractivity contribution in [3.8, 4) is 0 Å². The first-order valence-corrected chi connectivity index (χ1v) is 12.1. The van der Waals surface area contributed by atoms with Crippen LogP contribution in [0, 0.1) is 6.92 Å². The normalized spacial score (nSPS) is 11.0. The molecule has 0 bridgehead atoms. The Bertz CT molecular complexity index is 1130. The van der Waals surface area contributed by atoms with Gasteiger partial charge in [0.05, 0.1) is 17.0 Å². The molecule has 10 heteroatoms. The van der Waals surface area contributed by atoms with E-state index >= 15 is 0 Å². The van der Waals surface area contributed by atoms with Crippen molar-refractivity contribution in [2.45, 2.75) is 16.0 Å². The molecule has 0 unspecified atom stereocenters. The number of nitrogens with one attached hydrogen (secondary N) is 3. The Hall–Kier alpha value is -2.82. The average molecular weight is 462 g/mol. The summed E-state index contributed by atoms with van der Waals surface area (Å²) < 4.78 is 27.4. The molecule has 0 aliphatic heterocycles. The second-order valence-corrected chi connectivity index (χ2v) is 10.1. The number of hydrogen-bond acceptors (Lipinski definition) is 6. The second kappa shape index (κ2) is 9.79. The molecule has 30 heavy (non-hydrogen) atoms. The summed E-state index contributed by atoms with van der Waals surface area (Å²) in [7, 11) is -3.80. The number of amides is 2. The highest BCUT2D eigenvalue weighted by Gasteiger charge is 2.19. The summed E-state index contributed by atoms with van der Waals surface area (Å²) in [5, 5.41) is 1.65. The molecule has 0 aliphatic rings. The summed E-state index contributed by atoms with van der Waals surface area (Å²) in [5.74, 6) is -0.894. The van der Waals surface area contributed by atoms with Gasteiger partial charge in [-0.05, 0) is 42.6 Å². The molecule has 0 fully saturated rings. The van der Waals surface area contributed by atoms with Gasteiger partial charge in [-0.1, -0.05) is 35.9 Å². The van der Waals surface area contributed by atoms with Crippen LogP contribution in [0.2, 0.25) is 0 Å². The number of para-hydroxylation sites is 1. The van der Waals surface area contributed by atoms with Gasteiger partial charge in [0.1, 0.15) is 4.21 Å². The molecular formula is C20H19N3O4S3. The zero-order valence-electron chi connectivity index (χ0n) is 15.9. The van der Waals surface area contributed by atoms with Crippen LogP contribution in [0.3, 0.4) is 0 Å². The fourth-order valence-corrected chi connectivity index (χ4v) is 5.17. The molecule has 2 aromatic carbocycles. The van der Waals surface area contributed by atoms with Crippen molar-refractivity contribution in [3.05, 3.63) is 77.2 Å². The molecule has 0 aliphatic carbocycles. The molecule has 3 aromatic rings. The minimum Gasteiger partial charge on any atom is -0.278 e. The highest BCUT2D eigenvalue weighted by atomic mass is 32.2. The minimum absolute atomic E-state index is 0.0871. The Morgan fingerprint density at radius 3 is 2.40 bits per heavy atom. The highest BCUT2D eigenvalue weighted by molar-refractivity contribution is 8.00. The van der Waals surface area contributed by atoms with Gasteiger partial charge in [-0.15, -0.1) is 23.1 Å². The number of rotatable bonds is 7. The lowest BCUT2D eigenvalue weighted by Gasteiger charge is -2.12. The number of anilines is 1. The van der Waals surface area contributed by atoms with E-state index in [9.17, 15) is 18.0 Å². The maximum atomic E-state index is 12.5. The lowest BCUT2D eigenvalue weighted by atomic mass is 10.2. The average Bonchev–Trinajstić information content (AvgIpc) is 3.28. The number of benzene rings is 2. The van der Waals surface area contributed by atoms with Crippen molar-refractivity contribution < 1.29 is 18.0 Å². The maximum Gasteiger partial charge on any atom is 0.271 e. The molecule has 7 nitrogen and oxygen atoms in total. The molecule has 156 valence electrons. The minimum atomic E-state index is -3.80. The standard InChI is InChI=1S/C20H19N3O4S3/c1-14-8-10-15(11-9-14)29-13-18(24)21-22-20(25)16-5-2-3-6-17(16)23-30(26,27)19-7-4-12-28-19/h2-12,23H,13H2,1H3,(H,21,24)(H,22,25). The van der Waals surface area contributed by atoms with Gasteiger partial charge < -0.3 is 0 Å². The SMILES string of the molecule is Cc1ccc(SCC(=O)NNC(=O)c2ccccc2NS(=O)(=O)c2cccs2)cc1. The first-order valence-electron chi connectivity index (χ1n) is 8.79. The van der Waals surface area contributed by atoms with E-state index in [4.69, 9.17) is 0 Å². The molecule has 2 amide bonds. The third kappa shape index (κ3) is 5.85. The van der Waals surface area contributed by atoms with Crippen LogP contribution in [0.4, 0.5) is 5.69 Å². The predicted molar refractivity (Wildman–Crippen MR) is 119 cm³/mol.